The molecule has 5 heteroatoms. The fourth-order valence-electron chi connectivity index (χ4n) is 2.50. The van der Waals surface area contributed by atoms with E-state index in [1.54, 1.807) is 0 Å². The summed E-state index contributed by atoms with van der Waals surface area (Å²) < 4.78 is 0.989. The third kappa shape index (κ3) is 3.02. The summed E-state index contributed by atoms with van der Waals surface area (Å²) >= 11 is 3.45. The second-order valence-electron chi connectivity index (χ2n) is 4.99. The lowest BCUT2D eigenvalue weighted by Gasteiger charge is -2.36. The van der Waals surface area contributed by atoms with Crippen molar-refractivity contribution in [3.63, 3.8) is 0 Å². The van der Waals surface area contributed by atoms with E-state index in [0.29, 0.717) is 12.6 Å². The van der Waals surface area contributed by atoms with Crippen molar-refractivity contribution < 1.29 is 0 Å². The van der Waals surface area contributed by atoms with Gasteiger partial charge in [0.2, 0.25) is 0 Å². The van der Waals surface area contributed by atoms with Crippen LogP contribution in [0.15, 0.2) is 16.7 Å². The fraction of sp³-hybridized carbons (Fsp3) is 0.615. The number of pyridine rings is 1. The summed E-state index contributed by atoms with van der Waals surface area (Å²) in [5.41, 5.74) is 6.92. The minimum atomic E-state index is 0.527. The van der Waals surface area contributed by atoms with Crippen molar-refractivity contribution in [3.05, 3.63) is 22.3 Å². The minimum Gasteiger partial charge on any atom is -0.356 e. The molecule has 1 saturated heterocycles. The first kappa shape index (κ1) is 13.8. The van der Waals surface area contributed by atoms with E-state index >= 15 is 0 Å². The van der Waals surface area contributed by atoms with Gasteiger partial charge < -0.3 is 15.5 Å². The summed E-state index contributed by atoms with van der Waals surface area (Å²) in [6.07, 6.45) is 4.23. The van der Waals surface area contributed by atoms with Gasteiger partial charge in [-0.2, -0.15) is 0 Å². The highest BCUT2D eigenvalue weighted by atomic mass is 79.9. The third-order valence-corrected chi connectivity index (χ3v) is 4.13. The van der Waals surface area contributed by atoms with Crippen LogP contribution in [-0.4, -0.2) is 43.1 Å². The van der Waals surface area contributed by atoms with E-state index in [1.165, 1.54) is 12.8 Å². The van der Waals surface area contributed by atoms with Crippen LogP contribution in [-0.2, 0) is 6.54 Å². The Hall–Kier alpha value is -0.650. The molecule has 18 heavy (non-hydrogen) atoms. The lowest BCUT2D eigenvalue weighted by Crippen LogP contribution is -2.42. The van der Waals surface area contributed by atoms with Crippen molar-refractivity contribution in [2.45, 2.75) is 25.4 Å². The highest BCUT2D eigenvalue weighted by Crippen LogP contribution is 2.25. The van der Waals surface area contributed by atoms with Gasteiger partial charge in [-0.1, -0.05) is 0 Å². The molecular weight excluding hydrogens is 292 g/mol. The Labute approximate surface area is 117 Å². The maximum Gasteiger partial charge on any atom is 0.133 e. The van der Waals surface area contributed by atoms with E-state index in [9.17, 15) is 0 Å². The molecule has 0 saturated carbocycles. The lowest BCUT2D eigenvalue weighted by atomic mass is 10.0. The molecule has 4 nitrogen and oxygen atoms in total. The summed E-state index contributed by atoms with van der Waals surface area (Å²) in [6.45, 7) is 2.84. The molecule has 2 heterocycles. The Balaban J connectivity index is 2.15. The number of rotatable bonds is 3. The van der Waals surface area contributed by atoms with Crippen molar-refractivity contribution in [1.29, 1.82) is 0 Å². The van der Waals surface area contributed by atoms with Gasteiger partial charge in [-0.25, -0.2) is 4.98 Å². The summed E-state index contributed by atoms with van der Waals surface area (Å²) in [6, 6.07) is 2.63. The average Bonchev–Trinajstić information content (AvgIpc) is 2.38. The molecule has 0 aromatic carbocycles. The molecule has 1 aromatic rings. The zero-order valence-corrected chi connectivity index (χ0v) is 12.7. The number of aromatic nitrogens is 1. The van der Waals surface area contributed by atoms with Gasteiger partial charge in [-0.15, -0.1) is 0 Å². The van der Waals surface area contributed by atoms with Gasteiger partial charge >= 0.3 is 0 Å². The topological polar surface area (TPSA) is 45.4 Å². The SMILES string of the molecule is CN1CCC(N(C)c2ncc(Br)cc2CN)CC1. The van der Waals surface area contributed by atoms with Crippen molar-refractivity contribution in [3.8, 4) is 0 Å². The van der Waals surface area contributed by atoms with Crippen LogP contribution in [0.25, 0.3) is 0 Å². The van der Waals surface area contributed by atoms with E-state index in [0.717, 1.165) is 28.9 Å². The molecular formula is C13H21BrN4. The quantitative estimate of drug-likeness (QED) is 0.925. The van der Waals surface area contributed by atoms with Crippen LogP contribution in [0.1, 0.15) is 18.4 Å². The summed E-state index contributed by atoms with van der Waals surface area (Å²) in [5, 5.41) is 0. The van der Waals surface area contributed by atoms with Crippen molar-refractivity contribution in [2.75, 3.05) is 32.1 Å². The highest BCUT2D eigenvalue weighted by Gasteiger charge is 2.22. The Morgan fingerprint density at radius 1 is 1.50 bits per heavy atom. The first-order valence-electron chi connectivity index (χ1n) is 6.37. The van der Waals surface area contributed by atoms with Crippen LogP contribution in [0.3, 0.4) is 0 Å². The molecule has 2 N–H and O–H groups in total. The van der Waals surface area contributed by atoms with E-state index in [-0.39, 0.29) is 0 Å². The monoisotopic (exact) mass is 312 g/mol. The van der Waals surface area contributed by atoms with E-state index in [4.69, 9.17) is 5.73 Å². The smallest absolute Gasteiger partial charge is 0.133 e. The standard InChI is InChI=1S/C13H21BrN4/c1-17-5-3-12(4-6-17)18(2)13-10(8-15)7-11(14)9-16-13/h7,9,12H,3-6,8,15H2,1-2H3. The summed E-state index contributed by atoms with van der Waals surface area (Å²) in [7, 11) is 4.31. The summed E-state index contributed by atoms with van der Waals surface area (Å²) in [5.74, 6) is 1.02. The molecule has 1 aliphatic heterocycles. The summed E-state index contributed by atoms with van der Waals surface area (Å²) in [4.78, 5) is 9.20. The van der Waals surface area contributed by atoms with E-state index in [2.05, 4.69) is 50.9 Å². The fourth-order valence-corrected chi connectivity index (χ4v) is 2.88. The van der Waals surface area contributed by atoms with Gasteiger partial charge in [-0.3, -0.25) is 0 Å². The largest absolute Gasteiger partial charge is 0.356 e. The maximum absolute atomic E-state index is 5.81. The van der Waals surface area contributed by atoms with E-state index in [1.807, 2.05) is 6.20 Å². The number of likely N-dealkylation sites (tertiary alicyclic amines) is 1. The molecule has 0 bridgehead atoms. The van der Waals surface area contributed by atoms with Crippen LogP contribution in [0.2, 0.25) is 0 Å². The number of nitrogens with zero attached hydrogens (tertiary/aromatic N) is 3. The Bertz CT molecular complexity index is 402. The molecule has 2 rings (SSSR count). The molecule has 0 radical (unpaired) electrons. The van der Waals surface area contributed by atoms with Crippen molar-refractivity contribution in [1.82, 2.24) is 9.88 Å². The average molecular weight is 313 g/mol. The number of anilines is 1. The normalized spacial score (nSPS) is 18.0. The maximum atomic E-state index is 5.81. The molecule has 1 aromatic heterocycles. The number of halogens is 1. The van der Waals surface area contributed by atoms with Crippen LogP contribution in [0.5, 0.6) is 0 Å². The van der Waals surface area contributed by atoms with Crippen molar-refractivity contribution >= 4 is 21.7 Å². The van der Waals surface area contributed by atoms with Crippen LogP contribution >= 0.6 is 15.9 Å². The first-order valence-corrected chi connectivity index (χ1v) is 7.17. The number of hydrogen-bond acceptors (Lipinski definition) is 4. The number of nitrogens with two attached hydrogens (primary N) is 1. The highest BCUT2D eigenvalue weighted by molar-refractivity contribution is 9.10. The third-order valence-electron chi connectivity index (χ3n) is 3.70. The predicted octanol–water partition coefficient (Wildman–Crippen LogP) is 1.83. The van der Waals surface area contributed by atoms with E-state index < -0.39 is 0 Å². The molecule has 0 unspecified atom stereocenters. The zero-order valence-electron chi connectivity index (χ0n) is 11.1. The zero-order chi connectivity index (χ0) is 13.1. The molecule has 1 fully saturated rings. The van der Waals surface area contributed by atoms with Crippen LogP contribution in [0.4, 0.5) is 5.82 Å². The second kappa shape index (κ2) is 5.99. The van der Waals surface area contributed by atoms with Gasteiger partial charge in [0.05, 0.1) is 0 Å². The Morgan fingerprint density at radius 2 is 2.17 bits per heavy atom. The number of hydrogen-bond donors (Lipinski definition) is 1. The molecule has 0 amide bonds. The van der Waals surface area contributed by atoms with Gasteiger partial charge in [0, 0.05) is 35.9 Å². The minimum absolute atomic E-state index is 0.527. The van der Waals surface area contributed by atoms with Crippen LogP contribution in [0, 0.1) is 0 Å². The molecule has 0 atom stereocenters. The predicted molar refractivity (Wildman–Crippen MR) is 78.8 cm³/mol. The number of piperidine rings is 1. The van der Waals surface area contributed by atoms with Crippen molar-refractivity contribution in [2.24, 2.45) is 5.73 Å². The molecule has 0 aliphatic carbocycles. The van der Waals surface area contributed by atoms with Gasteiger partial charge in [-0.05, 0) is 55.0 Å². The first-order chi connectivity index (χ1) is 8.61. The second-order valence-corrected chi connectivity index (χ2v) is 5.90. The Kier molecular flexibility index (Phi) is 4.59. The Morgan fingerprint density at radius 3 is 2.78 bits per heavy atom. The molecule has 1 aliphatic rings. The van der Waals surface area contributed by atoms with Gasteiger partial charge in [0.1, 0.15) is 5.82 Å². The van der Waals surface area contributed by atoms with Gasteiger partial charge in [0.25, 0.3) is 0 Å². The van der Waals surface area contributed by atoms with Crippen LogP contribution < -0.4 is 10.6 Å². The van der Waals surface area contributed by atoms with Gasteiger partial charge in [0.15, 0.2) is 0 Å². The molecule has 0 spiro atoms. The lowest BCUT2D eigenvalue weighted by molar-refractivity contribution is 0.252. The molecule has 100 valence electrons.